The predicted octanol–water partition coefficient (Wildman–Crippen LogP) is 18.7. The number of unbranched alkanes of at least 4 members (excludes halogenated alkanes) is 10. The molecule has 0 radical (unpaired) electrons. The minimum Gasteiger partial charge on any atom is -0.462 e. The summed E-state index contributed by atoms with van der Waals surface area (Å²) in [6.07, 6.45) is 84.2. The van der Waals surface area contributed by atoms with E-state index in [0.717, 1.165) is 116 Å². The second-order valence-corrected chi connectivity index (χ2v) is 17.0. The van der Waals surface area contributed by atoms with Crippen LogP contribution in [0.3, 0.4) is 0 Å². The van der Waals surface area contributed by atoms with Crippen LogP contribution in [0.5, 0.6) is 0 Å². The zero-order chi connectivity index (χ0) is 49.2. The summed E-state index contributed by atoms with van der Waals surface area (Å²) in [5.41, 5.74) is 0. The highest BCUT2D eigenvalue weighted by Gasteiger charge is 2.17. The van der Waals surface area contributed by atoms with Crippen LogP contribution in [0.15, 0.2) is 158 Å². The van der Waals surface area contributed by atoms with Crippen LogP contribution in [0.25, 0.3) is 0 Å². The highest BCUT2D eigenvalue weighted by atomic mass is 16.6. The van der Waals surface area contributed by atoms with Crippen LogP contribution >= 0.6 is 0 Å². The molecule has 68 heavy (non-hydrogen) atoms. The Balaban J connectivity index is 4.49. The van der Waals surface area contributed by atoms with Gasteiger partial charge in [0.15, 0.2) is 6.10 Å². The molecule has 5 heteroatoms. The quantitative estimate of drug-likeness (QED) is 0.0346. The van der Waals surface area contributed by atoms with Gasteiger partial charge in [0.1, 0.15) is 6.61 Å². The first-order valence-corrected chi connectivity index (χ1v) is 27.0. The minimum atomic E-state index is -0.623. The SMILES string of the molecule is CC/C=C\C/C=C\C/C=C\C/C=C\C/C=C\C/C=C\CCCOCC(COC(=O)CCCCCCCC/C=C\C/C=C\C/C=C\CCCCC)OC(=O)CC/C=C\C/C=C\C/C=C\C/C=C\CC. The Bertz CT molecular complexity index is 1520. The van der Waals surface area contributed by atoms with Gasteiger partial charge in [-0.05, 0) is 128 Å². The summed E-state index contributed by atoms with van der Waals surface area (Å²) in [6, 6.07) is 0. The Labute approximate surface area is 418 Å². The van der Waals surface area contributed by atoms with Crippen LogP contribution in [0.1, 0.15) is 201 Å². The Hall–Kier alpha value is -4.48. The summed E-state index contributed by atoms with van der Waals surface area (Å²) in [6.45, 7) is 7.31. The van der Waals surface area contributed by atoms with E-state index in [1.807, 2.05) is 6.08 Å². The van der Waals surface area contributed by atoms with Crippen molar-refractivity contribution in [3.05, 3.63) is 158 Å². The van der Waals surface area contributed by atoms with E-state index >= 15 is 0 Å². The maximum Gasteiger partial charge on any atom is 0.306 e. The van der Waals surface area contributed by atoms with Gasteiger partial charge >= 0.3 is 11.9 Å². The monoisotopic (exact) mass is 935 g/mol. The summed E-state index contributed by atoms with van der Waals surface area (Å²) >= 11 is 0. The average molecular weight is 935 g/mol. The number of rotatable bonds is 47. The molecule has 0 aromatic rings. The van der Waals surface area contributed by atoms with E-state index in [1.54, 1.807) is 0 Å². The van der Waals surface area contributed by atoms with E-state index < -0.39 is 6.10 Å². The summed E-state index contributed by atoms with van der Waals surface area (Å²) in [5, 5.41) is 0. The second kappa shape index (κ2) is 56.8. The first-order valence-electron chi connectivity index (χ1n) is 27.0. The van der Waals surface area contributed by atoms with Crippen molar-refractivity contribution in [2.75, 3.05) is 19.8 Å². The van der Waals surface area contributed by atoms with Gasteiger partial charge in [-0.25, -0.2) is 0 Å². The van der Waals surface area contributed by atoms with Crippen molar-refractivity contribution in [1.29, 1.82) is 0 Å². The summed E-state index contributed by atoms with van der Waals surface area (Å²) in [7, 11) is 0. The zero-order valence-electron chi connectivity index (χ0n) is 43.6. The number of hydrogen-bond donors (Lipinski definition) is 0. The van der Waals surface area contributed by atoms with Crippen LogP contribution in [-0.2, 0) is 23.8 Å². The van der Waals surface area contributed by atoms with Gasteiger partial charge in [-0.2, -0.15) is 0 Å². The number of carbonyl (C=O) groups is 2. The molecule has 0 aliphatic carbocycles. The molecule has 0 fully saturated rings. The van der Waals surface area contributed by atoms with Crippen molar-refractivity contribution in [3.8, 4) is 0 Å². The number of ether oxygens (including phenoxy) is 3. The second-order valence-electron chi connectivity index (χ2n) is 17.0. The molecule has 0 N–H and O–H groups in total. The van der Waals surface area contributed by atoms with Gasteiger partial charge in [-0.15, -0.1) is 0 Å². The van der Waals surface area contributed by atoms with E-state index in [4.69, 9.17) is 14.2 Å². The van der Waals surface area contributed by atoms with Gasteiger partial charge in [0.25, 0.3) is 0 Å². The minimum absolute atomic E-state index is 0.0151. The van der Waals surface area contributed by atoms with E-state index in [1.165, 1.54) is 44.9 Å². The molecule has 0 heterocycles. The number of allylic oxidation sites excluding steroid dienone is 26. The standard InChI is InChI=1S/C63H98O5/c1-4-7-10-13-16-19-22-25-27-29-31-33-35-37-40-43-46-49-52-55-58-66-59-61(68-63(65)57-54-51-48-45-42-38-24-21-18-15-12-9-6-3)60-67-62(64)56-53-50-47-44-41-39-36-34-32-30-28-26-23-20-17-14-11-8-5-2/h7,9-10,12,16-21,25-28,31-34,37-38,40,42,46,48-49,51,61H,4-6,8,11,13-15,22-24,29-30,35-36,39,41,43-45,47,50,52-60H2,1-3H3/b10-7-,12-9-,19-16-,20-17-,21-18-,27-25-,28-26-,33-31-,34-32-,40-37-,42-38-,49-46-,51-48-. The molecule has 380 valence electrons. The van der Waals surface area contributed by atoms with Crippen molar-refractivity contribution in [2.45, 2.75) is 207 Å². The van der Waals surface area contributed by atoms with Crippen LogP contribution in [-0.4, -0.2) is 37.9 Å². The maximum absolute atomic E-state index is 12.8. The normalized spacial score (nSPS) is 13.5. The third-order valence-electron chi connectivity index (χ3n) is 10.5. The first-order chi connectivity index (χ1) is 33.6. The van der Waals surface area contributed by atoms with Gasteiger partial charge in [-0.3, -0.25) is 9.59 Å². The van der Waals surface area contributed by atoms with Crippen LogP contribution < -0.4 is 0 Å². The molecule has 0 saturated carbocycles. The van der Waals surface area contributed by atoms with E-state index in [-0.39, 0.29) is 31.6 Å². The van der Waals surface area contributed by atoms with Crippen molar-refractivity contribution < 1.29 is 23.8 Å². The van der Waals surface area contributed by atoms with Gasteiger partial charge < -0.3 is 14.2 Å². The lowest BCUT2D eigenvalue weighted by molar-refractivity contribution is -0.162. The Morgan fingerprint density at radius 1 is 0.338 bits per heavy atom. The molecule has 5 nitrogen and oxygen atoms in total. The van der Waals surface area contributed by atoms with E-state index in [2.05, 4.69) is 173 Å². The van der Waals surface area contributed by atoms with Crippen molar-refractivity contribution in [1.82, 2.24) is 0 Å². The third-order valence-corrected chi connectivity index (χ3v) is 10.5. The number of esters is 2. The molecule has 0 rings (SSSR count). The molecule has 0 aromatic carbocycles. The largest absolute Gasteiger partial charge is 0.462 e. The molecule has 1 unspecified atom stereocenters. The molecule has 0 saturated heterocycles. The molecule has 1 atom stereocenters. The summed E-state index contributed by atoms with van der Waals surface area (Å²) in [4.78, 5) is 25.4. The smallest absolute Gasteiger partial charge is 0.306 e. The van der Waals surface area contributed by atoms with Gasteiger partial charge in [0.05, 0.1) is 6.61 Å². The number of hydrogen-bond acceptors (Lipinski definition) is 5. The zero-order valence-corrected chi connectivity index (χ0v) is 43.6. The molecule has 0 aliphatic heterocycles. The van der Waals surface area contributed by atoms with E-state index in [9.17, 15) is 9.59 Å². The Kier molecular flexibility index (Phi) is 53.1. The maximum atomic E-state index is 12.8. The third kappa shape index (κ3) is 54.1. The van der Waals surface area contributed by atoms with Gasteiger partial charge in [0.2, 0.25) is 0 Å². The fourth-order valence-corrected chi connectivity index (χ4v) is 6.60. The Morgan fingerprint density at radius 3 is 1.12 bits per heavy atom. The topological polar surface area (TPSA) is 61.8 Å². The highest BCUT2D eigenvalue weighted by Crippen LogP contribution is 2.11. The molecule has 0 spiro atoms. The lowest BCUT2D eigenvalue weighted by atomic mass is 10.1. The molecular formula is C63H98O5. The van der Waals surface area contributed by atoms with Crippen LogP contribution in [0, 0.1) is 0 Å². The highest BCUT2D eigenvalue weighted by molar-refractivity contribution is 5.70. The molecular weight excluding hydrogens is 837 g/mol. The van der Waals surface area contributed by atoms with Crippen molar-refractivity contribution >= 4 is 11.9 Å². The fraction of sp³-hybridized carbons (Fsp3) is 0.556. The molecule has 0 aromatic heterocycles. The lowest BCUT2D eigenvalue weighted by Gasteiger charge is -2.18. The Morgan fingerprint density at radius 2 is 0.691 bits per heavy atom. The fourth-order valence-electron chi connectivity index (χ4n) is 6.60. The average Bonchev–Trinajstić information content (AvgIpc) is 3.34. The van der Waals surface area contributed by atoms with Crippen molar-refractivity contribution in [3.63, 3.8) is 0 Å². The first kappa shape index (κ1) is 63.5. The summed E-state index contributed by atoms with van der Waals surface area (Å²) < 4.78 is 17.3. The van der Waals surface area contributed by atoms with Crippen LogP contribution in [0.4, 0.5) is 0 Å². The van der Waals surface area contributed by atoms with Crippen molar-refractivity contribution in [2.24, 2.45) is 0 Å². The molecule has 0 amide bonds. The molecule has 0 aliphatic rings. The molecule has 0 bridgehead atoms. The van der Waals surface area contributed by atoms with Gasteiger partial charge in [0, 0.05) is 19.4 Å². The van der Waals surface area contributed by atoms with E-state index in [0.29, 0.717) is 19.4 Å². The predicted molar refractivity (Wildman–Crippen MR) is 297 cm³/mol. The lowest BCUT2D eigenvalue weighted by Crippen LogP contribution is -2.30. The summed E-state index contributed by atoms with van der Waals surface area (Å²) in [5.74, 6) is -0.551. The number of carbonyl (C=O) groups excluding carboxylic acids is 2. The van der Waals surface area contributed by atoms with Crippen LogP contribution in [0.2, 0.25) is 0 Å². The van der Waals surface area contributed by atoms with Gasteiger partial charge in [-0.1, -0.05) is 217 Å².